The summed E-state index contributed by atoms with van der Waals surface area (Å²) < 4.78 is 13.0. The fraction of sp³-hybridized carbons (Fsp3) is 0.500. The summed E-state index contributed by atoms with van der Waals surface area (Å²) in [5, 5.41) is 7.65. The Morgan fingerprint density at radius 3 is 3.21 bits per heavy atom. The van der Waals surface area contributed by atoms with Crippen molar-refractivity contribution in [2.24, 2.45) is 13.0 Å². The third kappa shape index (κ3) is 2.88. The van der Waals surface area contributed by atoms with Crippen molar-refractivity contribution in [1.82, 2.24) is 15.1 Å². The quantitative estimate of drug-likeness (QED) is 0.893. The van der Waals surface area contributed by atoms with Crippen molar-refractivity contribution >= 4 is 0 Å². The van der Waals surface area contributed by atoms with Gasteiger partial charge in [-0.3, -0.25) is 4.68 Å². The van der Waals surface area contributed by atoms with Crippen LogP contribution in [0.3, 0.4) is 0 Å². The highest BCUT2D eigenvalue weighted by Gasteiger charge is 2.30. The molecule has 3 rings (SSSR count). The minimum absolute atomic E-state index is 0.165. The van der Waals surface area contributed by atoms with Crippen LogP contribution in [0.5, 0.6) is 0 Å². The standard InChI is InChI=1S/C14H19N3O2/c1-17-10-12(8-16-17)14-11(4-6-19-14)7-15-9-13-3-2-5-18-13/h2-3,5,8,10-11,14-15H,4,6-7,9H2,1H3/t11-,14-/m0/s1. The summed E-state index contributed by atoms with van der Waals surface area (Å²) in [4.78, 5) is 0. The zero-order valence-corrected chi connectivity index (χ0v) is 11.1. The predicted molar refractivity (Wildman–Crippen MR) is 70.4 cm³/mol. The van der Waals surface area contributed by atoms with Gasteiger partial charge in [-0.25, -0.2) is 0 Å². The summed E-state index contributed by atoms with van der Waals surface area (Å²) >= 11 is 0. The number of ether oxygens (including phenoxy) is 1. The fourth-order valence-electron chi connectivity index (χ4n) is 2.59. The van der Waals surface area contributed by atoms with E-state index in [-0.39, 0.29) is 6.10 Å². The van der Waals surface area contributed by atoms with Crippen molar-refractivity contribution in [3.05, 3.63) is 42.1 Å². The van der Waals surface area contributed by atoms with Gasteiger partial charge in [-0.05, 0) is 18.6 Å². The van der Waals surface area contributed by atoms with E-state index in [1.165, 1.54) is 5.56 Å². The molecule has 5 heteroatoms. The van der Waals surface area contributed by atoms with Crippen LogP contribution in [-0.4, -0.2) is 22.9 Å². The maximum Gasteiger partial charge on any atom is 0.117 e. The molecule has 0 aromatic carbocycles. The van der Waals surface area contributed by atoms with E-state index in [4.69, 9.17) is 9.15 Å². The van der Waals surface area contributed by atoms with Crippen molar-refractivity contribution in [1.29, 1.82) is 0 Å². The van der Waals surface area contributed by atoms with E-state index < -0.39 is 0 Å². The van der Waals surface area contributed by atoms with Gasteiger partial charge in [-0.2, -0.15) is 5.10 Å². The molecular formula is C14H19N3O2. The van der Waals surface area contributed by atoms with Crippen LogP contribution in [0.15, 0.2) is 35.2 Å². The Hall–Kier alpha value is -1.59. The molecular weight excluding hydrogens is 242 g/mol. The van der Waals surface area contributed by atoms with E-state index in [0.29, 0.717) is 5.92 Å². The van der Waals surface area contributed by atoms with Crippen LogP contribution in [0.4, 0.5) is 0 Å². The summed E-state index contributed by atoms with van der Waals surface area (Å²) in [6.45, 7) is 2.52. The largest absolute Gasteiger partial charge is 0.468 e. The van der Waals surface area contributed by atoms with Crippen LogP contribution in [0.1, 0.15) is 23.8 Å². The molecule has 1 aliphatic rings. The van der Waals surface area contributed by atoms with Crippen LogP contribution in [0.25, 0.3) is 0 Å². The van der Waals surface area contributed by atoms with Gasteiger partial charge in [0, 0.05) is 37.9 Å². The third-order valence-corrected chi connectivity index (χ3v) is 3.55. The van der Waals surface area contributed by atoms with Crippen LogP contribution in [0.2, 0.25) is 0 Å². The SMILES string of the molecule is Cn1cc([C@H]2OCC[C@H]2CNCc2ccco2)cn1. The molecule has 2 aromatic heterocycles. The average molecular weight is 261 g/mol. The number of hydrogen-bond donors (Lipinski definition) is 1. The Morgan fingerprint density at radius 2 is 2.47 bits per heavy atom. The Balaban J connectivity index is 1.55. The van der Waals surface area contributed by atoms with Gasteiger partial charge in [-0.15, -0.1) is 0 Å². The van der Waals surface area contributed by atoms with Gasteiger partial charge in [0.05, 0.1) is 25.1 Å². The molecule has 5 nitrogen and oxygen atoms in total. The lowest BCUT2D eigenvalue weighted by atomic mass is 9.97. The average Bonchev–Trinajstić information content (AvgIpc) is 3.10. The molecule has 0 unspecified atom stereocenters. The molecule has 0 radical (unpaired) electrons. The summed E-state index contributed by atoms with van der Waals surface area (Å²) in [6, 6.07) is 3.89. The smallest absolute Gasteiger partial charge is 0.117 e. The van der Waals surface area contributed by atoms with Gasteiger partial charge in [0.15, 0.2) is 0 Å². The van der Waals surface area contributed by atoms with Crippen LogP contribution in [-0.2, 0) is 18.3 Å². The summed E-state index contributed by atoms with van der Waals surface area (Å²) in [5.74, 6) is 1.47. The topological polar surface area (TPSA) is 52.2 Å². The highest BCUT2D eigenvalue weighted by molar-refractivity contribution is 5.11. The molecule has 0 bridgehead atoms. The van der Waals surface area contributed by atoms with Crippen molar-refractivity contribution in [2.45, 2.75) is 19.1 Å². The normalized spacial score (nSPS) is 23.0. The zero-order valence-electron chi connectivity index (χ0n) is 11.1. The minimum atomic E-state index is 0.165. The molecule has 0 spiro atoms. The third-order valence-electron chi connectivity index (χ3n) is 3.55. The molecule has 0 aliphatic carbocycles. The van der Waals surface area contributed by atoms with Gasteiger partial charge >= 0.3 is 0 Å². The van der Waals surface area contributed by atoms with Gasteiger partial charge in [0.25, 0.3) is 0 Å². The molecule has 1 saturated heterocycles. The molecule has 2 atom stereocenters. The Morgan fingerprint density at radius 1 is 1.53 bits per heavy atom. The maximum absolute atomic E-state index is 5.84. The van der Waals surface area contributed by atoms with Crippen molar-refractivity contribution in [3.8, 4) is 0 Å². The fourth-order valence-corrected chi connectivity index (χ4v) is 2.59. The molecule has 1 aliphatic heterocycles. The zero-order chi connectivity index (χ0) is 13.1. The number of aryl methyl sites for hydroxylation is 1. The lowest BCUT2D eigenvalue weighted by molar-refractivity contribution is 0.0903. The Labute approximate surface area is 112 Å². The number of aromatic nitrogens is 2. The number of furan rings is 1. The van der Waals surface area contributed by atoms with E-state index in [1.54, 1.807) is 6.26 Å². The summed E-state index contributed by atoms with van der Waals surface area (Å²) in [5.41, 5.74) is 1.17. The van der Waals surface area contributed by atoms with Gasteiger partial charge in [0.2, 0.25) is 0 Å². The van der Waals surface area contributed by atoms with Gasteiger partial charge in [0.1, 0.15) is 5.76 Å². The van der Waals surface area contributed by atoms with Crippen LogP contribution >= 0.6 is 0 Å². The van der Waals surface area contributed by atoms with Crippen LogP contribution < -0.4 is 5.32 Å². The first-order chi connectivity index (χ1) is 9.33. The lowest BCUT2D eigenvalue weighted by Gasteiger charge is -2.17. The Kier molecular flexibility index (Phi) is 3.66. The monoisotopic (exact) mass is 261 g/mol. The molecule has 0 amide bonds. The molecule has 1 fully saturated rings. The van der Waals surface area contributed by atoms with E-state index in [2.05, 4.69) is 10.4 Å². The Bertz CT molecular complexity index is 507. The first-order valence-electron chi connectivity index (χ1n) is 6.66. The van der Waals surface area contributed by atoms with E-state index in [9.17, 15) is 0 Å². The van der Waals surface area contributed by atoms with E-state index in [0.717, 1.165) is 31.9 Å². The maximum atomic E-state index is 5.84. The minimum Gasteiger partial charge on any atom is -0.468 e. The second-order valence-corrected chi connectivity index (χ2v) is 5.00. The highest BCUT2D eigenvalue weighted by atomic mass is 16.5. The number of nitrogens with zero attached hydrogens (tertiary/aromatic N) is 2. The van der Waals surface area contributed by atoms with E-state index in [1.807, 2.05) is 36.3 Å². The number of nitrogens with one attached hydrogen (secondary N) is 1. The lowest BCUT2D eigenvalue weighted by Crippen LogP contribution is -2.24. The number of hydrogen-bond acceptors (Lipinski definition) is 4. The summed E-state index contributed by atoms with van der Waals surface area (Å²) in [7, 11) is 1.93. The molecule has 0 saturated carbocycles. The van der Waals surface area contributed by atoms with Gasteiger partial charge < -0.3 is 14.5 Å². The second kappa shape index (κ2) is 5.59. The molecule has 19 heavy (non-hydrogen) atoms. The predicted octanol–water partition coefficient (Wildman–Crippen LogP) is 1.88. The van der Waals surface area contributed by atoms with Crippen molar-refractivity contribution < 1.29 is 9.15 Å². The molecule has 1 N–H and O–H groups in total. The molecule has 3 heterocycles. The van der Waals surface area contributed by atoms with Gasteiger partial charge in [-0.1, -0.05) is 0 Å². The molecule has 102 valence electrons. The highest BCUT2D eigenvalue weighted by Crippen LogP contribution is 2.33. The first kappa shape index (κ1) is 12.4. The van der Waals surface area contributed by atoms with Crippen molar-refractivity contribution in [3.63, 3.8) is 0 Å². The molecule has 2 aromatic rings. The van der Waals surface area contributed by atoms with Crippen molar-refractivity contribution in [2.75, 3.05) is 13.2 Å². The second-order valence-electron chi connectivity index (χ2n) is 5.00. The van der Waals surface area contributed by atoms with Crippen LogP contribution in [0, 0.1) is 5.92 Å². The first-order valence-corrected chi connectivity index (χ1v) is 6.66. The summed E-state index contributed by atoms with van der Waals surface area (Å²) in [6.07, 6.45) is 6.89. The number of rotatable bonds is 5. The van der Waals surface area contributed by atoms with E-state index >= 15 is 0 Å².